The number of nitrogens with zero attached hydrogens (tertiary/aromatic N) is 2. The summed E-state index contributed by atoms with van der Waals surface area (Å²) >= 11 is 0. The van der Waals surface area contributed by atoms with E-state index in [-0.39, 0.29) is 11.5 Å². The Kier molecular flexibility index (Phi) is 6.28. The standard InChI is InChI=1S/C16H35N3/c1-7-14(17)15(16(4,5)6)19-11-10-13(12-19)18(8-2)9-3/h13-15H,7-12,17H2,1-6H3. The quantitative estimate of drug-likeness (QED) is 0.804. The lowest BCUT2D eigenvalue weighted by atomic mass is 9.80. The number of likely N-dealkylation sites (N-methyl/N-ethyl adjacent to an activating group) is 1. The number of likely N-dealkylation sites (tertiary alicyclic amines) is 1. The zero-order valence-corrected chi connectivity index (χ0v) is 13.9. The van der Waals surface area contributed by atoms with Crippen molar-refractivity contribution in [3.8, 4) is 0 Å². The van der Waals surface area contributed by atoms with E-state index < -0.39 is 0 Å². The van der Waals surface area contributed by atoms with E-state index in [9.17, 15) is 0 Å². The van der Waals surface area contributed by atoms with Gasteiger partial charge in [0.05, 0.1) is 0 Å². The first kappa shape index (κ1) is 16.9. The van der Waals surface area contributed by atoms with Gasteiger partial charge < -0.3 is 5.73 Å². The van der Waals surface area contributed by atoms with Gasteiger partial charge in [-0.3, -0.25) is 9.80 Å². The molecule has 1 fully saturated rings. The molecule has 19 heavy (non-hydrogen) atoms. The fourth-order valence-electron chi connectivity index (χ4n) is 3.74. The van der Waals surface area contributed by atoms with Crippen LogP contribution in [0, 0.1) is 5.41 Å². The highest BCUT2D eigenvalue weighted by molar-refractivity contribution is 4.95. The summed E-state index contributed by atoms with van der Waals surface area (Å²) in [6.07, 6.45) is 2.36. The minimum atomic E-state index is 0.258. The molecule has 3 nitrogen and oxygen atoms in total. The van der Waals surface area contributed by atoms with Crippen LogP contribution >= 0.6 is 0 Å². The lowest BCUT2D eigenvalue weighted by Gasteiger charge is -2.42. The molecule has 1 aliphatic rings. The molecule has 1 aliphatic heterocycles. The van der Waals surface area contributed by atoms with Crippen LogP contribution in [0.2, 0.25) is 0 Å². The summed E-state index contributed by atoms with van der Waals surface area (Å²) in [5, 5.41) is 0. The molecule has 0 aromatic heterocycles. The van der Waals surface area contributed by atoms with E-state index in [1.807, 2.05) is 0 Å². The van der Waals surface area contributed by atoms with Gasteiger partial charge in [0.2, 0.25) is 0 Å². The van der Waals surface area contributed by atoms with E-state index in [1.165, 1.54) is 19.5 Å². The highest BCUT2D eigenvalue weighted by Gasteiger charge is 2.38. The van der Waals surface area contributed by atoms with Crippen molar-refractivity contribution in [1.82, 2.24) is 9.80 Å². The third-order valence-corrected chi connectivity index (χ3v) is 4.68. The van der Waals surface area contributed by atoms with Gasteiger partial charge in [0, 0.05) is 31.2 Å². The molecule has 0 spiro atoms. The molecule has 1 saturated heterocycles. The lowest BCUT2D eigenvalue weighted by Crippen LogP contribution is -2.54. The third kappa shape index (κ3) is 4.17. The minimum absolute atomic E-state index is 0.258. The zero-order valence-electron chi connectivity index (χ0n) is 13.9. The van der Waals surface area contributed by atoms with Gasteiger partial charge in [0.1, 0.15) is 0 Å². The smallest absolute Gasteiger partial charge is 0.0296 e. The second-order valence-electron chi connectivity index (χ2n) is 7.04. The van der Waals surface area contributed by atoms with E-state index >= 15 is 0 Å². The summed E-state index contributed by atoms with van der Waals surface area (Å²) in [6, 6.07) is 1.51. The van der Waals surface area contributed by atoms with Crippen molar-refractivity contribution in [2.45, 2.75) is 72.5 Å². The topological polar surface area (TPSA) is 32.5 Å². The number of nitrogens with two attached hydrogens (primary N) is 1. The van der Waals surface area contributed by atoms with Crippen LogP contribution in [0.1, 0.15) is 54.4 Å². The van der Waals surface area contributed by atoms with Gasteiger partial charge in [-0.05, 0) is 31.3 Å². The van der Waals surface area contributed by atoms with Gasteiger partial charge in [0.25, 0.3) is 0 Å². The zero-order chi connectivity index (χ0) is 14.6. The fourth-order valence-corrected chi connectivity index (χ4v) is 3.74. The van der Waals surface area contributed by atoms with E-state index in [4.69, 9.17) is 5.73 Å². The van der Waals surface area contributed by atoms with Crippen LogP contribution in [-0.4, -0.2) is 54.1 Å². The first-order chi connectivity index (χ1) is 8.85. The SMILES string of the molecule is CCC(N)C(N1CCC(N(CC)CC)C1)C(C)(C)C. The van der Waals surface area contributed by atoms with Crippen molar-refractivity contribution in [2.24, 2.45) is 11.1 Å². The lowest BCUT2D eigenvalue weighted by molar-refractivity contribution is 0.0885. The van der Waals surface area contributed by atoms with Gasteiger partial charge in [-0.1, -0.05) is 41.5 Å². The molecule has 0 amide bonds. The average Bonchev–Trinajstić information content (AvgIpc) is 2.78. The van der Waals surface area contributed by atoms with Gasteiger partial charge in [0.15, 0.2) is 0 Å². The molecule has 3 unspecified atom stereocenters. The maximum absolute atomic E-state index is 6.41. The molecule has 2 N–H and O–H groups in total. The molecule has 3 atom stereocenters. The molecular weight excluding hydrogens is 234 g/mol. The number of hydrogen-bond donors (Lipinski definition) is 1. The molecule has 0 aliphatic carbocycles. The molecule has 1 heterocycles. The molecule has 114 valence electrons. The van der Waals surface area contributed by atoms with Crippen molar-refractivity contribution in [3.05, 3.63) is 0 Å². The van der Waals surface area contributed by atoms with Crippen LogP contribution in [0.15, 0.2) is 0 Å². The van der Waals surface area contributed by atoms with Crippen LogP contribution < -0.4 is 5.73 Å². The Hall–Kier alpha value is -0.120. The van der Waals surface area contributed by atoms with Crippen molar-refractivity contribution < 1.29 is 0 Å². The molecule has 3 heteroatoms. The molecule has 0 bridgehead atoms. The highest BCUT2D eigenvalue weighted by Crippen LogP contribution is 2.31. The summed E-state index contributed by atoms with van der Waals surface area (Å²) in [7, 11) is 0. The molecule has 0 radical (unpaired) electrons. The van der Waals surface area contributed by atoms with Crippen molar-refractivity contribution in [1.29, 1.82) is 0 Å². The Morgan fingerprint density at radius 2 is 1.79 bits per heavy atom. The Bertz CT molecular complexity index is 255. The first-order valence-corrected chi connectivity index (χ1v) is 8.08. The molecule has 0 saturated carbocycles. The maximum atomic E-state index is 6.41. The maximum Gasteiger partial charge on any atom is 0.0296 e. The van der Waals surface area contributed by atoms with Crippen molar-refractivity contribution in [3.63, 3.8) is 0 Å². The normalized spacial score (nSPS) is 24.9. The second-order valence-corrected chi connectivity index (χ2v) is 7.04. The van der Waals surface area contributed by atoms with E-state index in [0.29, 0.717) is 6.04 Å². The van der Waals surface area contributed by atoms with Gasteiger partial charge in [-0.25, -0.2) is 0 Å². The van der Waals surface area contributed by atoms with Crippen LogP contribution in [0.25, 0.3) is 0 Å². The summed E-state index contributed by atoms with van der Waals surface area (Å²) in [4.78, 5) is 5.24. The van der Waals surface area contributed by atoms with Gasteiger partial charge in [-0.2, -0.15) is 0 Å². The Morgan fingerprint density at radius 1 is 1.21 bits per heavy atom. The fraction of sp³-hybridized carbons (Fsp3) is 1.00. The predicted octanol–water partition coefficient (Wildman–Crippen LogP) is 2.55. The summed E-state index contributed by atoms with van der Waals surface area (Å²) in [5.41, 5.74) is 6.67. The first-order valence-electron chi connectivity index (χ1n) is 8.08. The van der Waals surface area contributed by atoms with Crippen molar-refractivity contribution >= 4 is 0 Å². The number of rotatable bonds is 6. The van der Waals surface area contributed by atoms with Gasteiger partial charge >= 0.3 is 0 Å². The van der Waals surface area contributed by atoms with Crippen LogP contribution in [-0.2, 0) is 0 Å². The molecular formula is C16H35N3. The largest absolute Gasteiger partial charge is 0.326 e. The summed E-state index contributed by atoms with van der Waals surface area (Å²) in [6.45, 7) is 18.5. The summed E-state index contributed by atoms with van der Waals surface area (Å²) < 4.78 is 0. The summed E-state index contributed by atoms with van der Waals surface area (Å²) in [5.74, 6) is 0. The Labute approximate surface area is 120 Å². The highest BCUT2D eigenvalue weighted by atomic mass is 15.3. The minimum Gasteiger partial charge on any atom is -0.326 e. The van der Waals surface area contributed by atoms with E-state index in [2.05, 4.69) is 51.3 Å². The Balaban J connectivity index is 2.73. The van der Waals surface area contributed by atoms with Crippen LogP contribution in [0.5, 0.6) is 0 Å². The molecule has 0 aromatic rings. The van der Waals surface area contributed by atoms with E-state index in [1.54, 1.807) is 0 Å². The third-order valence-electron chi connectivity index (χ3n) is 4.68. The average molecular weight is 269 g/mol. The van der Waals surface area contributed by atoms with Gasteiger partial charge in [-0.15, -0.1) is 0 Å². The predicted molar refractivity (Wildman–Crippen MR) is 84.4 cm³/mol. The second kappa shape index (κ2) is 7.05. The van der Waals surface area contributed by atoms with Crippen LogP contribution in [0.4, 0.5) is 0 Å². The van der Waals surface area contributed by atoms with E-state index in [0.717, 1.165) is 25.6 Å². The monoisotopic (exact) mass is 269 g/mol. The van der Waals surface area contributed by atoms with Crippen molar-refractivity contribution in [2.75, 3.05) is 26.2 Å². The number of hydrogen-bond acceptors (Lipinski definition) is 3. The van der Waals surface area contributed by atoms with Crippen LogP contribution in [0.3, 0.4) is 0 Å². The molecule has 1 rings (SSSR count). The Morgan fingerprint density at radius 3 is 2.21 bits per heavy atom. The molecule has 0 aromatic carbocycles.